The molecule has 1 saturated heterocycles. The number of rotatable bonds is 10. The van der Waals surface area contributed by atoms with Gasteiger partial charge >= 0.3 is 0 Å². The quantitative estimate of drug-likeness (QED) is 0.558. The summed E-state index contributed by atoms with van der Waals surface area (Å²) < 4.78 is 5.26. The van der Waals surface area contributed by atoms with Crippen LogP contribution in [0.2, 0.25) is 12.6 Å². The number of likely N-dealkylation sites (N-methyl/N-ethyl adjacent to an activating group) is 1. The third kappa shape index (κ3) is 6.27. The molecule has 2 unspecified atom stereocenters. The molecule has 2 N–H and O–H groups in total. The second kappa shape index (κ2) is 11.4. The van der Waals surface area contributed by atoms with Gasteiger partial charge < -0.3 is 20.1 Å². The van der Waals surface area contributed by atoms with E-state index in [2.05, 4.69) is 91.4 Å². The van der Waals surface area contributed by atoms with Crippen LogP contribution in [0, 0.1) is 5.92 Å². The topological polar surface area (TPSA) is 44.7 Å². The Morgan fingerprint density at radius 1 is 1.06 bits per heavy atom. The SMILES string of the molecule is COCCN(C)CC1CC[C@@H](C)NC1[C@H](O)C[Si](C)(c1ccccc1)c1ccccc1. The molecule has 1 heterocycles. The Hall–Kier alpha value is -1.50. The molecule has 0 radical (unpaired) electrons. The zero-order valence-electron chi connectivity index (χ0n) is 19.6. The first kappa shape index (κ1) is 24.1. The normalized spacial score (nSPS) is 23.1. The van der Waals surface area contributed by atoms with Crippen molar-refractivity contribution in [2.75, 3.05) is 33.9 Å². The molecule has 2 aromatic carbocycles. The predicted octanol–water partition coefficient (Wildman–Crippen LogP) is 2.58. The van der Waals surface area contributed by atoms with Crippen LogP contribution in [0.15, 0.2) is 60.7 Å². The number of nitrogens with one attached hydrogen (secondary N) is 1. The number of hydrogen-bond acceptors (Lipinski definition) is 4. The maximum Gasteiger partial charge on any atom is 0.117 e. The molecule has 1 aliphatic heterocycles. The van der Waals surface area contributed by atoms with Gasteiger partial charge in [0.2, 0.25) is 0 Å². The fourth-order valence-electron chi connectivity index (χ4n) is 5.12. The zero-order valence-corrected chi connectivity index (χ0v) is 20.6. The summed E-state index contributed by atoms with van der Waals surface area (Å²) in [4.78, 5) is 2.34. The van der Waals surface area contributed by atoms with Crippen LogP contribution >= 0.6 is 0 Å². The standard InChI is InChI=1S/C26H40N2O2Si/c1-21-15-16-22(19-28(2)17-18-30-3)26(27-21)25(29)20-31(4,23-11-7-5-8-12-23)24-13-9-6-10-14-24/h5-14,21-22,25-27,29H,15-20H2,1-4H3/t21-,22?,25-,26?/m1/s1. The molecule has 2 aromatic rings. The van der Waals surface area contributed by atoms with Crippen LogP contribution in [0.25, 0.3) is 0 Å². The third-order valence-electron chi connectivity index (χ3n) is 7.03. The van der Waals surface area contributed by atoms with Crippen LogP contribution in [0.1, 0.15) is 19.8 Å². The van der Waals surface area contributed by atoms with Crippen LogP contribution in [0.4, 0.5) is 0 Å². The van der Waals surface area contributed by atoms with Gasteiger partial charge in [-0.25, -0.2) is 0 Å². The average Bonchev–Trinajstić information content (AvgIpc) is 2.80. The lowest BCUT2D eigenvalue weighted by molar-refractivity contribution is 0.0623. The molecule has 1 aliphatic rings. The van der Waals surface area contributed by atoms with Crippen molar-refractivity contribution in [2.45, 2.75) is 50.5 Å². The molecule has 0 spiro atoms. The smallest absolute Gasteiger partial charge is 0.117 e. The number of hydrogen-bond donors (Lipinski definition) is 2. The van der Waals surface area contributed by atoms with Gasteiger partial charge in [-0.3, -0.25) is 0 Å². The Morgan fingerprint density at radius 2 is 1.65 bits per heavy atom. The minimum atomic E-state index is -2.08. The van der Waals surface area contributed by atoms with Crippen LogP contribution < -0.4 is 15.7 Å². The number of aliphatic hydroxyl groups is 1. The van der Waals surface area contributed by atoms with E-state index in [1.807, 2.05) is 0 Å². The Morgan fingerprint density at radius 3 is 2.19 bits per heavy atom. The van der Waals surface area contributed by atoms with Gasteiger partial charge in [0.1, 0.15) is 8.07 Å². The maximum atomic E-state index is 11.6. The van der Waals surface area contributed by atoms with Crippen molar-refractivity contribution in [3.8, 4) is 0 Å². The number of nitrogens with zero attached hydrogens (tertiary/aromatic N) is 1. The zero-order chi connectivity index (χ0) is 22.3. The van der Waals surface area contributed by atoms with Gasteiger partial charge in [0.05, 0.1) is 12.7 Å². The van der Waals surface area contributed by atoms with Gasteiger partial charge in [-0.15, -0.1) is 0 Å². The molecule has 4 atom stereocenters. The molecule has 0 bridgehead atoms. The van der Waals surface area contributed by atoms with Crippen molar-refractivity contribution in [1.82, 2.24) is 10.2 Å². The second-order valence-electron chi connectivity index (χ2n) is 9.52. The van der Waals surface area contributed by atoms with E-state index in [9.17, 15) is 5.11 Å². The fourth-order valence-corrected chi connectivity index (χ4v) is 8.87. The van der Waals surface area contributed by atoms with Crippen molar-refractivity contribution >= 4 is 18.4 Å². The second-order valence-corrected chi connectivity index (χ2v) is 13.7. The van der Waals surface area contributed by atoms with E-state index in [0.29, 0.717) is 12.0 Å². The van der Waals surface area contributed by atoms with E-state index in [1.165, 1.54) is 10.4 Å². The lowest BCUT2D eigenvalue weighted by Gasteiger charge is -2.42. The van der Waals surface area contributed by atoms with Gasteiger partial charge in [-0.05, 0) is 38.8 Å². The molecule has 1 fully saturated rings. The largest absolute Gasteiger partial charge is 0.392 e. The molecular weight excluding hydrogens is 400 g/mol. The van der Waals surface area contributed by atoms with Gasteiger partial charge in [-0.2, -0.15) is 0 Å². The molecule has 5 heteroatoms. The molecule has 170 valence electrons. The maximum absolute atomic E-state index is 11.6. The molecule has 0 amide bonds. The highest BCUT2D eigenvalue weighted by Gasteiger charge is 2.40. The Kier molecular flexibility index (Phi) is 8.87. The summed E-state index contributed by atoms with van der Waals surface area (Å²) in [6.07, 6.45) is 1.95. The Labute approximate surface area is 189 Å². The molecule has 31 heavy (non-hydrogen) atoms. The minimum Gasteiger partial charge on any atom is -0.392 e. The first-order valence-electron chi connectivity index (χ1n) is 11.7. The molecular formula is C26H40N2O2Si. The molecule has 4 nitrogen and oxygen atoms in total. The summed E-state index contributed by atoms with van der Waals surface area (Å²) in [5, 5.41) is 18.2. The summed E-state index contributed by atoms with van der Waals surface area (Å²) in [7, 11) is 1.83. The van der Waals surface area contributed by atoms with Gasteiger partial charge in [-0.1, -0.05) is 77.6 Å². The molecule has 0 aromatic heterocycles. The summed E-state index contributed by atoms with van der Waals surface area (Å²) in [5.41, 5.74) is 0. The van der Waals surface area contributed by atoms with Crippen molar-refractivity contribution in [2.24, 2.45) is 5.92 Å². The predicted molar refractivity (Wildman–Crippen MR) is 133 cm³/mol. The van der Waals surface area contributed by atoms with Gasteiger partial charge in [0, 0.05) is 32.3 Å². The van der Waals surface area contributed by atoms with Crippen LogP contribution in [0.3, 0.4) is 0 Å². The number of benzene rings is 2. The Balaban J connectivity index is 1.82. The molecule has 3 rings (SSSR count). The number of methoxy groups -OCH3 is 1. The van der Waals surface area contributed by atoms with Crippen LogP contribution in [-0.4, -0.2) is 70.1 Å². The number of ether oxygens (including phenoxy) is 1. The van der Waals surface area contributed by atoms with Crippen molar-refractivity contribution < 1.29 is 9.84 Å². The summed E-state index contributed by atoms with van der Waals surface area (Å²) in [6, 6.07) is 23.1. The lowest BCUT2D eigenvalue weighted by Crippen LogP contribution is -2.62. The number of aliphatic hydroxyl groups excluding tert-OH is 1. The van der Waals surface area contributed by atoms with Crippen LogP contribution in [-0.2, 0) is 4.74 Å². The van der Waals surface area contributed by atoms with E-state index in [4.69, 9.17) is 4.74 Å². The van der Waals surface area contributed by atoms with Gasteiger partial charge in [0.25, 0.3) is 0 Å². The highest BCUT2D eigenvalue weighted by Crippen LogP contribution is 2.27. The summed E-state index contributed by atoms with van der Waals surface area (Å²) >= 11 is 0. The van der Waals surface area contributed by atoms with E-state index in [0.717, 1.165) is 38.6 Å². The van der Waals surface area contributed by atoms with Crippen molar-refractivity contribution in [1.29, 1.82) is 0 Å². The minimum absolute atomic E-state index is 0.119. The average molecular weight is 441 g/mol. The summed E-state index contributed by atoms with van der Waals surface area (Å²) in [6.45, 7) is 7.31. The monoisotopic (exact) mass is 440 g/mol. The lowest BCUT2D eigenvalue weighted by atomic mass is 9.85. The summed E-state index contributed by atoms with van der Waals surface area (Å²) in [5.74, 6) is 0.442. The first-order chi connectivity index (χ1) is 14.9. The first-order valence-corrected chi connectivity index (χ1v) is 14.4. The molecule has 0 saturated carbocycles. The molecule has 0 aliphatic carbocycles. The third-order valence-corrected chi connectivity index (χ3v) is 11.5. The van der Waals surface area contributed by atoms with Crippen molar-refractivity contribution in [3.63, 3.8) is 0 Å². The highest BCUT2D eigenvalue weighted by atomic mass is 28.3. The van der Waals surface area contributed by atoms with Crippen molar-refractivity contribution in [3.05, 3.63) is 60.7 Å². The van der Waals surface area contributed by atoms with E-state index in [-0.39, 0.29) is 12.1 Å². The number of piperidine rings is 1. The fraction of sp³-hybridized carbons (Fsp3) is 0.538. The van der Waals surface area contributed by atoms with Gasteiger partial charge in [0.15, 0.2) is 0 Å². The van der Waals surface area contributed by atoms with E-state index >= 15 is 0 Å². The Bertz CT molecular complexity index is 734. The van der Waals surface area contributed by atoms with E-state index < -0.39 is 8.07 Å². The van der Waals surface area contributed by atoms with Crippen LogP contribution in [0.5, 0.6) is 0 Å². The highest BCUT2D eigenvalue weighted by molar-refractivity contribution is 7.01. The van der Waals surface area contributed by atoms with E-state index in [1.54, 1.807) is 7.11 Å².